The van der Waals surface area contributed by atoms with Gasteiger partial charge in [-0.15, -0.1) is 0 Å². The largest absolute Gasteiger partial charge is 0.496 e. The number of hydrogen-bond acceptors (Lipinski definition) is 4. The molecule has 0 N–H and O–H groups in total. The van der Waals surface area contributed by atoms with Crippen molar-refractivity contribution in [3.05, 3.63) is 47.3 Å². The number of hydrogen-bond donors (Lipinski definition) is 0. The van der Waals surface area contributed by atoms with Gasteiger partial charge >= 0.3 is 0 Å². The fraction of sp³-hybridized carbons (Fsp3) is 0.412. The van der Waals surface area contributed by atoms with Gasteiger partial charge in [0.05, 0.1) is 7.11 Å². The average molecular weight is 300 g/mol. The second-order valence-corrected chi connectivity index (χ2v) is 5.63. The van der Waals surface area contributed by atoms with Crippen LogP contribution in [-0.4, -0.2) is 35.7 Å². The van der Waals surface area contributed by atoms with Gasteiger partial charge in [0.15, 0.2) is 5.69 Å². The number of carbonyl (C=O) groups is 1. The van der Waals surface area contributed by atoms with Crippen molar-refractivity contribution < 1.29 is 14.1 Å². The summed E-state index contributed by atoms with van der Waals surface area (Å²) in [6.45, 7) is 2.56. The molecule has 1 fully saturated rings. The van der Waals surface area contributed by atoms with Crippen LogP contribution in [0.1, 0.15) is 34.7 Å². The molecule has 1 aliphatic rings. The Morgan fingerprint density at radius 1 is 1.45 bits per heavy atom. The zero-order valence-corrected chi connectivity index (χ0v) is 12.9. The Hall–Kier alpha value is -2.30. The first-order valence-corrected chi connectivity index (χ1v) is 7.55. The van der Waals surface area contributed by atoms with Gasteiger partial charge < -0.3 is 14.2 Å². The minimum atomic E-state index is -0.0470. The van der Waals surface area contributed by atoms with Gasteiger partial charge in [0.25, 0.3) is 5.91 Å². The van der Waals surface area contributed by atoms with Crippen molar-refractivity contribution in [2.24, 2.45) is 0 Å². The predicted molar refractivity (Wildman–Crippen MR) is 82.0 cm³/mol. The van der Waals surface area contributed by atoms with Crippen molar-refractivity contribution in [2.45, 2.75) is 32.2 Å². The Labute approximate surface area is 129 Å². The molecule has 1 atom stereocenters. The highest BCUT2D eigenvalue weighted by Crippen LogP contribution is 2.27. The maximum Gasteiger partial charge on any atom is 0.276 e. The van der Waals surface area contributed by atoms with E-state index in [1.54, 1.807) is 20.1 Å². The summed E-state index contributed by atoms with van der Waals surface area (Å²) in [4.78, 5) is 14.5. The van der Waals surface area contributed by atoms with Crippen LogP contribution in [0.3, 0.4) is 0 Å². The predicted octanol–water partition coefficient (Wildman–Crippen LogP) is 2.84. The van der Waals surface area contributed by atoms with Crippen LogP contribution in [-0.2, 0) is 6.42 Å². The fourth-order valence-corrected chi connectivity index (χ4v) is 3.06. The molecule has 5 nitrogen and oxygen atoms in total. The third-order valence-corrected chi connectivity index (χ3v) is 4.13. The number of carbonyl (C=O) groups excluding carboxylic acids is 1. The van der Waals surface area contributed by atoms with E-state index in [2.05, 4.69) is 11.2 Å². The highest BCUT2D eigenvalue weighted by Gasteiger charge is 2.31. The van der Waals surface area contributed by atoms with Crippen molar-refractivity contribution in [1.82, 2.24) is 10.1 Å². The standard InChI is InChI=1S/C17H20N2O3/c1-12-10-15(18-22-12)17(20)19-9-5-7-14(19)11-13-6-3-4-8-16(13)21-2/h3-4,6,8,10,14H,5,7,9,11H2,1-2H3/t14-/m1/s1. The Kier molecular flexibility index (Phi) is 4.13. The lowest BCUT2D eigenvalue weighted by atomic mass is 10.0. The first kappa shape index (κ1) is 14.6. The van der Waals surface area contributed by atoms with E-state index in [0.717, 1.165) is 37.1 Å². The van der Waals surface area contributed by atoms with E-state index in [0.29, 0.717) is 11.5 Å². The number of aryl methyl sites for hydroxylation is 1. The molecule has 0 bridgehead atoms. The van der Waals surface area contributed by atoms with E-state index >= 15 is 0 Å². The highest BCUT2D eigenvalue weighted by molar-refractivity contribution is 5.92. The number of benzene rings is 1. The SMILES string of the molecule is COc1ccccc1C[C@H]1CCCN1C(=O)c1cc(C)on1. The van der Waals surface area contributed by atoms with Crippen molar-refractivity contribution in [3.63, 3.8) is 0 Å². The van der Waals surface area contributed by atoms with Gasteiger partial charge in [-0.05, 0) is 37.8 Å². The molecule has 1 aromatic heterocycles. The number of amides is 1. The minimum absolute atomic E-state index is 0.0470. The van der Waals surface area contributed by atoms with Crippen LogP contribution in [0.15, 0.2) is 34.9 Å². The highest BCUT2D eigenvalue weighted by atomic mass is 16.5. The summed E-state index contributed by atoms with van der Waals surface area (Å²) in [6.07, 6.45) is 2.82. The number of likely N-dealkylation sites (tertiary alicyclic amines) is 1. The minimum Gasteiger partial charge on any atom is -0.496 e. The second kappa shape index (κ2) is 6.22. The average Bonchev–Trinajstić information content (AvgIpc) is 3.16. The van der Waals surface area contributed by atoms with E-state index in [1.807, 2.05) is 23.1 Å². The molecule has 0 spiro atoms. The summed E-state index contributed by atoms with van der Waals surface area (Å²) in [5, 5.41) is 3.84. The van der Waals surface area contributed by atoms with Crippen LogP contribution in [0, 0.1) is 6.92 Å². The van der Waals surface area contributed by atoms with Crippen molar-refractivity contribution in [3.8, 4) is 5.75 Å². The topological polar surface area (TPSA) is 55.6 Å². The number of nitrogens with zero attached hydrogens (tertiary/aromatic N) is 2. The van der Waals surface area contributed by atoms with Gasteiger partial charge in [0.2, 0.25) is 0 Å². The molecule has 2 aromatic rings. The summed E-state index contributed by atoms with van der Waals surface area (Å²) in [5.41, 5.74) is 1.52. The summed E-state index contributed by atoms with van der Waals surface area (Å²) in [7, 11) is 1.68. The Bertz CT molecular complexity index is 665. The first-order valence-electron chi connectivity index (χ1n) is 7.55. The van der Waals surface area contributed by atoms with Crippen LogP contribution in [0.25, 0.3) is 0 Å². The molecule has 1 aliphatic heterocycles. The van der Waals surface area contributed by atoms with E-state index in [-0.39, 0.29) is 11.9 Å². The number of para-hydroxylation sites is 1. The molecule has 1 saturated heterocycles. The third-order valence-electron chi connectivity index (χ3n) is 4.13. The van der Waals surface area contributed by atoms with Gasteiger partial charge in [0.1, 0.15) is 11.5 Å². The van der Waals surface area contributed by atoms with Gasteiger partial charge in [-0.3, -0.25) is 4.79 Å². The molecule has 0 radical (unpaired) electrons. The molecule has 22 heavy (non-hydrogen) atoms. The molecule has 5 heteroatoms. The third kappa shape index (κ3) is 2.84. The van der Waals surface area contributed by atoms with Crippen LogP contribution in [0.4, 0.5) is 0 Å². The van der Waals surface area contributed by atoms with E-state index in [4.69, 9.17) is 9.26 Å². The lowest BCUT2D eigenvalue weighted by Gasteiger charge is -2.24. The summed E-state index contributed by atoms with van der Waals surface area (Å²) in [5.74, 6) is 1.48. The maximum absolute atomic E-state index is 12.6. The zero-order valence-electron chi connectivity index (χ0n) is 12.9. The van der Waals surface area contributed by atoms with Gasteiger partial charge in [0, 0.05) is 18.7 Å². The van der Waals surface area contributed by atoms with E-state index in [1.165, 1.54) is 0 Å². The lowest BCUT2D eigenvalue weighted by molar-refractivity contribution is 0.0725. The van der Waals surface area contributed by atoms with Crippen LogP contribution >= 0.6 is 0 Å². The van der Waals surface area contributed by atoms with Gasteiger partial charge in [-0.2, -0.15) is 0 Å². The molecule has 0 unspecified atom stereocenters. The number of ether oxygens (including phenoxy) is 1. The Morgan fingerprint density at radius 2 is 2.27 bits per heavy atom. The molecule has 3 rings (SSSR count). The lowest BCUT2D eigenvalue weighted by Crippen LogP contribution is -2.37. The smallest absolute Gasteiger partial charge is 0.276 e. The Morgan fingerprint density at radius 3 is 3.00 bits per heavy atom. The fourth-order valence-electron chi connectivity index (χ4n) is 3.06. The molecule has 116 valence electrons. The van der Waals surface area contributed by atoms with Crippen LogP contribution < -0.4 is 4.74 Å². The van der Waals surface area contributed by atoms with Gasteiger partial charge in [-0.1, -0.05) is 23.4 Å². The normalized spacial score (nSPS) is 17.7. The quantitative estimate of drug-likeness (QED) is 0.871. The molecule has 1 amide bonds. The van der Waals surface area contributed by atoms with Crippen molar-refractivity contribution >= 4 is 5.91 Å². The first-order chi connectivity index (χ1) is 10.7. The van der Waals surface area contributed by atoms with Crippen molar-refractivity contribution in [2.75, 3.05) is 13.7 Å². The van der Waals surface area contributed by atoms with Crippen LogP contribution in [0.2, 0.25) is 0 Å². The summed E-state index contributed by atoms with van der Waals surface area (Å²) < 4.78 is 10.4. The summed E-state index contributed by atoms with van der Waals surface area (Å²) >= 11 is 0. The number of aromatic nitrogens is 1. The molecule has 0 aliphatic carbocycles. The Balaban J connectivity index is 1.77. The monoisotopic (exact) mass is 300 g/mol. The second-order valence-electron chi connectivity index (χ2n) is 5.63. The van der Waals surface area contributed by atoms with Gasteiger partial charge in [-0.25, -0.2) is 0 Å². The molecular weight excluding hydrogens is 280 g/mol. The zero-order chi connectivity index (χ0) is 15.5. The van der Waals surface area contributed by atoms with Crippen molar-refractivity contribution in [1.29, 1.82) is 0 Å². The van der Waals surface area contributed by atoms with E-state index in [9.17, 15) is 4.79 Å². The van der Waals surface area contributed by atoms with Crippen LogP contribution in [0.5, 0.6) is 5.75 Å². The van der Waals surface area contributed by atoms with E-state index < -0.39 is 0 Å². The number of rotatable bonds is 4. The number of methoxy groups -OCH3 is 1. The molecular formula is C17H20N2O3. The molecule has 1 aromatic carbocycles. The molecule has 2 heterocycles. The molecule has 0 saturated carbocycles. The summed E-state index contributed by atoms with van der Waals surface area (Å²) in [6, 6.07) is 9.84. The maximum atomic E-state index is 12.6.